The van der Waals surface area contributed by atoms with Gasteiger partial charge in [0.1, 0.15) is 5.82 Å². The third-order valence-electron chi connectivity index (χ3n) is 1.33. The number of nitrogens with zero attached hydrogens (tertiary/aromatic N) is 3. The normalized spacial score (nSPS) is 9.17. The molecule has 12 heavy (non-hydrogen) atoms. The molecule has 1 aromatic rings. The molecule has 0 N–H and O–H groups in total. The summed E-state index contributed by atoms with van der Waals surface area (Å²) in [7, 11) is 1.71. The monoisotopic (exact) mass is 177 g/mol. The van der Waals surface area contributed by atoms with Gasteiger partial charge in [-0.1, -0.05) is 0 Å². The van der Waals surface area contributed by atoms with Crippen LogP contribution in [0.25, 0.3) is 0 Å². The molecule has 1 rings (SSSR count). The predicted octanol–water partition coefficient (Wildman–Crippen LogP) is -4.58. The summed E-state index contributed by atoms with van der Waals surface area (Å²) in [5, 5.41) is 13.9. The van der Waals surface area contributed by atoms with Gasteiger partial charge in [-0.15, -0.1) is 0 Å². The number of aryl methyl sites for hydroxylation is 2. The van der Waals surface area contributed by atoms with E-state index in [0.717, 1.165) is 0 Å². The summed E-state index contributed by atoms with van der Waals surface area (Å²) in [5.41, 5.74) is 0. The van der Waals surface area contributed by atoms with E-state index in [1.807, 2.05) is 0 Å². The number of aliphatic carboxylic acids is 1. The summed E-state index contributed by atoms with van der Waals surface area (Å²) in [6.07, 6.45) is -0.221. The van der Waals surface area contributed by atoms with Crippen molar-refractivity contribution in [1.82, 2.24) is 14.8 Å². The molecule has 0 unspecified atom stereocenters. The van der Waals surface area contributed by atoms with Crippen molar-refractivity contribution < 1.29 is 39.5 Å². The summed E-state index contributed by atoms with van der Waals surface area (Å²) >= 11 is 0. The van der Waals surface area contributed by atoms with Crippen LogP contribution < -0.4 is 34.7 Å². The molecule has 0 amide bonds. The SMILES string of the molecule is Cc1nc(CC(=O)[O-])nn1C.[Na+]. The third kappa shape index (κ3) is 2.92. The summed E-state index contributed by atoms with van der Waals surface area (Å²) in [4.78, 5) is 14.0. The second-order valence-electron chi connectivity index (χ2n) is 2.25. The Kier molecular flexibility index (Phi) is 4.44. The van der Waals surface area contributed by atoms with Gasteiger partial charge >= 0.3 is 29.6 Å². The fourth-order valence-corrected chi connectivity index (χ4v) is 0.731. The average molecular weight is 177 g/mol. The Morgan fingerprint density at radius 2 is 2.25 bits per heavy atom. The number of carboxylic acid groups (broad SMARTS) is 1. The van der Waals surface area contributed by atoms with Gasteiger partial charge in [-0.05, 0) is 6.92 Å². The molecule has 1 aromatic heterocycles. The van der Waals surface area contributed by atoms with Crippen molar-refractivity contribution in [2.75, 3.05) is 0 Å². The zero-order valence-electron chi connectivity index (χ0n) is 7.37. The van der Waals surface area contributed by atoms with Crippen LogP contribution in [0.4, 0.5) is 0 Å². The molecule has 6 heteroatoms. The Bertz CT molecular complexity index is 265. The van der Waals surface area contributed by atoms with Crippen molar-refractivity contribution >= 4 is 5.97 Å². The zero-order valence-corrected chi connectivity index (χ0v) is 9.37. The number of hydrogen-bond donors (Lipinski definition) is 0. The van der Waals surface area contributed by atoms with Crippen LogP contribution in [0.5, 0.6) is 0 Å². The Balaban J connectivity index is 0.00000121. The maximum Gasteiger partial charge on any atom is 1.00 e. The molecule has 0 aliphatic carbocycles. The van der Waals surface area contributed by atoms with Crippen LogP contribution in [-0.4, -0.2) is 20.7 Å². The topological polar surface area (TPSA) is 70.8 Å². The predicted molar refractivity (Wildman–Crippen MR) is 34.5 cm³/mol. The number of carbonyl (C=O) groups is 1. The largest absolute Gasteiger partial charge is 1.00 e. The first-order chi connectivity index (χ1) is 5.09. The first-order valence-corrected chi connectivity index (χ1v) is 3.16. The molecule has 0 spiro atoms. The van der Waals surface area contributed by atoms with Crippen LogP contribution in [0.3, 0.4) is 0 Å². The number of rotatable bonds is 2. The Labute approximate surface area is 92.1 Å². The molecular formula is C6H8N3NaO2. The molecule has 1 heterocycles. The quantitative estimate of drug-likeness (QED) is 0.426. The maximum absolute atomic E-state index is 10.1. The number of carboxylic acids is 1. The molecule has 0 bridgehead atoms. The van der Waals surface area contributed by atoms with Crippen LogP contribution in [-0.2, 0) is 18.3 Å². The molecule has 0 aliphatic heterocycles. The smallest absolute Gasteiger partial charge is 0.550 e. The van der Waals surface area contributed by atoms with Crippen molar-refractivity contribution in [3.8, 4) is 0 Å². The summed E-state index contributed by atoms with van der Waals surface area (Å²) in [5.74, 6) is -0.165. The van der Waals surface area contributed by atoms with Crippen molar-refractivity contribution in [3.05, 3.63) is 11.6 Å². The van der Waals surface area contributed by atoms with Gasteiger partial charge in [-0.25, -0.2) is 4.98 Å². The fourth-order valence-electron chi connectivity index (χ4n) is 0.731. The van der Waals surface area contributed by atoms with Gasteiger partial charge in [0.05, 0.1) is 0 Å². The van der Waals surface area contributed by atoms with Gasteiger partial charge in [0.2, 0.25) is 0 Å². The first kappa shape index (κ1) is 11.6. The van der Waals surface area contributed by atoms with E-state index in [4.69, 9.17) is 0 Å². The number of carbonyl (C=O) groups excluding carboxylic acids is 1. The van der Waals surface area contributed by atoms with Gasteiger partial charge in [-0.3, -0.25) is 4.68 Å². The second-order valence-corrected chi connectivity index (χ2v) is 2.25. The fraction of sp³-hybridized carbons (Fsp3) is 0.500. The van der Waals surface area contributed by atoms with E-state index in [1.165, 1.54) is 4.68 Å². The Morgan fingerprint density at radius 1 is 1.67 bits per heavy atom. The average Bonchev–Trinajstić information content (AvgIpc) is 2.10. The minimum Gasteiger partial charge on any atom is -0.550 e. The summed E-state index contributed by atoms with van der Waals surface area (Å²) in [6.45, 7) is 1.76. The second kappa shape index (κ2) is 4.59. The van der Waals surface area contributed by atoms with Crippen molar-refractivity contribution in [1.29, 1.82) is 0 Å². The van der Waals surface area contributed by atoms with Gasteiger partial charge < -0.3 is 9.90 Å². The molecule has 5 nitrogen and oxygen atoms in total. The van der Waals surface area contributed by atoms with Crippen LogP contribution in [0, 0.1) is 6.92 Å². The van der Waals surface area contributed by atoms with E-state index >= 15 is 0 Å². The Morgan fingerprint density at radius 3 is 2.58 bits per heavy atom. The van der Waals surface area contributed by atoms with Gasteiger partial charge in [0.15, 0.2) is 5.82 Å². The van der Waals surface area contributed by atoms with Crippen LogP contribution >= 0.6 is 0 Å². The van der Waals surface area contributed by atoms with E-state index in [9.17, 15) is 9.90 Å². The summed E-state index contributed by atoms with van der Waals surface area (Å²) in [6, 6.07) is 0. The van der Waals surface area contributed by atoms with Crippen LogP contribution in [0.1, 0.15) is 11.6 Å². The van der Waals surface area contributed by atoms with Crippen LogP contribution in [0.15, 0.2) is 0 Å². The standard InChI is InChI=1S/C6H9N3O2.Na/c1-4-7-5(3-6(10)11)8-9(4)2;/h3H2,1-2H3,(H,10,11);/q;+1/p-1. The van der Waals surface area contributed by atoms with E-state index in [2.05, 4.69) is 10.1 Å². The molecule has 0 saturated heterocycles. The van der Waals surface area contributed by atoms with Crippen molar-refractivity contribution in [3.63, 3.8) is 0 Å². The zero-order chi connectivity index (χ0) is 8.43. The molecule has 0 aliphatic rings. The third-order valence-corrected chi connectivity index (χ3v) is 1.33. The molecule has 60 valence electrons. The van der Waals surface area contributed by atoms with E-state index in [0.29, 0.717) is 11.6 Å². The first-order valence-electron chi connectivity index (χ1n) is 3.16. The Hall–Kier alpha value is -0.390. The molecule has 0 saturated carbocycles. The van der Waals surface area contributed by atoms with Crippen molar-refractivity contribution in [2.45, 2.75) is 13.3 Å². The van der Waals surface area contributed by atoms with Gasteiger partial charge in [0.25, 0.3) is 0 Å². The minimum atomic E-state index is -1.16. The maximum atomic E-state index is 10.1. The summed E-state index contributed by atoms with van der Waals surface area (Å²) < 4.78 is 1.53. The van der Waals surface area contributed by atoms with Crippen LogP contribution in [0.2, 0.25) is 0 Å². The minimum absolute atomic E-state index is 0. The molecule has 0 aromatic carbocycles. The van der Waals surface area contributed by atoms with E-state index < -0.39 is 5.97 Å². The number of aromatic nitrogens is 3. The van der Waals surface area contributed by atoms with Crippen molar-refractivity contribution in [2.24, 2.45) is 7.05 Å². The van der Waals surface area contributed by atoms with Gasteiger partial charge in [-0.2, -0.15) is 5.10 Å². The molecular weight excluding hydrogens is 169 g/mol. The number of hydrogen-bond acceptors (Lipinski definition) is 4. The van der Waals surface area contributed by atoms with E-state index in [1.54, 1.807) is 14.0 Å². The van der Waals surface area contributed by atoms with E-state index in [-0.39, 0.29) is 36.0 Å². The molecule has 0 radical (unpaired) electrons. The molecule has 0 fully saturated rings. The van der Waals surface area contributed by atoms with Gasteiger partial charge in [0, 0.05) is 19.4 Å². The molecule has 0 atom stereocenters.